The van der Waals surface area contributed by atoms with Crippen LogP contribution in [0.1, 0.15) is 92.4 Å². The Hall–Kier alpha value is -0.670. The minimum atomic E-state index is -0.617. The van der Waals surface area contributed by atoms with Gasteiger partial charge in [-0.25, -0.2) is 0 Å². The third-order valence-corrected chi connectivity index (χ3v) is 10.3. The van der Waals surface area contributed by atoms with Gasteiger partial charge in [0.2, 0.25) is 0 Å². The lowest BCUT2D eigenvalue weighted by Crippen LogP contribution is -2.51. The first-order valence-electron chi connectivity index (χ1n) is 12.7. The molecule has 3 heteroatoms. The molecule has 9 atom stereocenters. The zero-order valence-electron chi connectivity index (χ0n) is 19.9. The number of aliphatic hydroxyl groups excluding tert-OH is 2. The highest BCUT2D eigenvalue weighted by atomic mass is 16.3. The molecule has 3 nitrogen and oxygen atoms in total. The fourth-order valence-electron chi connectivity index (χ4n) is 8.67. The monoisotopic (exact) mass is 416 g/mol. The molecule has 2 N–H and O–H groups in total. The van der Waals surface area contributed by atoms with Crippen molar-refractivity contribution in [1.29, 1.82) is 0 Å². The number of rotatable bonds is 5. The summed E-state index contributed by atoms with van der Waals surface area (Å²) in [6.45, 7) is 11.4. The highest BCUT2D eigenvalue weighted by Crippen LogP contribution is 2.67. The second kappa shape index (κ2) is 8.03. The Morgan fingerprint density at radius 1 is 1.00 bits per heavy atom. The first kappa shape index (κ1) is 22.5. The second-order valence-corrected chi connectivity index (χ2v) is 12.2. The Morgan fingerprint density at radius 3 is 2.43 bits per heavy atom. The van der Waals surface area contributed by atoms with E-state index in [9.17, 15) is 15.0 Å². The van der Waals surface area contributed by atoms with Gasteiger partial charge in [-0.05, 0) is 104 Å². The summed E-state index contributed by atoms with van der Waals surface area (Å²) in [5.41, 5.74) is 1.95. The summed E-state index contributed by atoms with van der Waals surface area (Å²) in [5, 5.41) is 21.6. The molecular formula is C27H44O3. The van der Waals surface area contributed by atoms with Crippen molar-refractivity contribution in [2.75, 3.05) is 0 Å². The van der Waals surface area contributed by atoms with E-state index in [-0.39, 0.29) is 16.7 Å². The van der Waals surface area contributed by atoms with E-state index in [0.29, 0.717) is 30.0 Å². The highest BCUT2D eigenvalue weighted by molar-refractivity contribution is 5.91. The van der Waals surface area contributed by atoms with Gasteiger partial charge in [0.05, 0.1) is 12.2 Å². The number of hydrogen-bond donors (Lipinski definition) is 2. The van der Waals surface area contributed by atoms with Gasteiger partial charge >= 0.3 is 0 Å². The molecule has 170 valence electrons. The van der Waals surface area contributed by atoms with Crippen molar-refractivity contribution in [3.63, 3.8) is 0 Å². The Balaban J connectivity index is 1.53. The van der Waals surface area contributed by atoms with Crippen LogP contribution in [0.4, 0.5) is 0 Å². The van der Waals surface area contributed by atoms with Crippen LogP contribution in [0.15, 0.2) is 11.6 Å². The van der Waals surface area contributed by atoms with Gasteiger partial charge in [0, 0.05) is 6.42 Å². The van der Waals surface area contributed by atoms with Crippen LogP contribution in [0, 0.1) is 46.3 Å². The number of carbonyl (C=O) groups excluding carboxylic acids is 1. The molecule has 3 saturated carbocycles. The third kappa shape index (κ3) is 3.52. The average molecular weight is 417 g/mol. The highest BCUT2D eigenvalue weighted by Gasteiger charge is 2.60. The molecule has 0 amide bonds. The Kier molecular flexibility index (Phi) is 6.03. The molecule has 3 fully saturated rings. The fourth-order valence-corrected chi connectivity index (χ4v) is 8.67. The Morgan fingerprint density at radius 2 is 1.73 bits per heavy atom. The minimum Gasteiger partial charge on any atom is -0.390 e. The SMILES string of the molecule is CC(C)C[C@H](O)[C@@H](O)[C@@H](C)[C@H]1CC[C@H]2[C@@H]3CCC4=CC(=O)CC[C@]4(C)[C@H]3CC[C@]12C. The number of allylic oxidation sites excluding steroid dienone is 1. The first-order valence-corrected chi connectivity index (χ1v) is 12.7. The molecule has 0 aliphatic heterocycles. The van der Waals surface area contributed by atoms with Crippen LogP contribution in [-0.2, 0) is 4.79 Å². The number of aliphatic hydroxyl groups is 2. The molecule has 0 bridgehead atoms. The van der Waals surface area contributed by atoms with Gasteiger partial charge in [-0.3, -0.25) is 4.79 Å². The van der Waals surface area contributed by atoms with E-state index >= 15 is 0 Å². The summed E-state index contributed by atoms with van der Waals surface area (Å²) in [6.07, 6.45) is 10.5. The maximum absolute atomic E-state index is 12.0. The van der Waals surface area contributed by atoms with Gasteiger partial charge in [0.15, 0.2) is 5.78 Å². The second-order valence-electron chi connectivity index (χ2n) is 12.2. The third-order valence-electron chi connectivity index (χ3n) is 10.3. The smallest absolute Gasteiger partial charge is 0.155 e. The van der Waals surface area contributed by atoms with E-state index in [1.807, 2.05) is 6.08 Å². The van der Waals surface area contributed by atoms with Gasteiger partial charge in [0.1, 0.15) is 0 Å². The van der Waals surface area contributed by atoms with Crippen molar-refractivity contribution in [2.24, 2.45) is 46.3 Å². The lowest BCUT2D eigenvalue weighted by molar-refractivity contribution is -0.118. The summed E-state index contributed by atoms with van der Waals surface area (Å²) < 4.78 is 0. The molecule has 0 unspecified atom stereocenters. The van der Waals surface area contributed by atoms with Crippen molar-refractivity contribution >= 4 is 5.78 Å². The number of hydrogen-bond acceptors (Lipinski definition) is 3. The van der Waals surface area contributed by atoms with Crippen molar-refractivity contribution < 1.29 is 15.0 Å². The minimum absolute atomic E-state index is 0.146. The molecule has 0 aromatic carbocycles. The van der Waals surface area contributed by atoms with E-state index < -0.39 is 12.2 Å². The number of fused-ring (bicyclic) bond motifs is 5. The van der Waals surface area contributed by atoms with Crippen LogP contribution in [0.25, 0.3) is 0 Å². The normalized spacial score (nSPS) is 44.0. The topological polar surface area (TPSA) is 57.5 Å². The van der Waals surface area contributed by atoms with Gasteiger partial charge in [-0.2, -0.15) is 0 Å². The first-order chi connectivity index (χ1) is 14.1. The maximum atomic E-state index is 12.0. The van der Waals surface area contributed by atoms with E-state index in [4.69, 9.17) is 0 Å². The molecule has 0 spiro atoms. The van der Waals surface area contributed by atoms with Gasteiger partial charge in [-0.15, -0.1) is 0 Å². The fraction of sp³-hybridized carbons (Fsp3) is 0.889. The molecule has 0 radical (unpaired) electrons. The van der Waals surface area contributed by atoms with Crippen LogP contribution in [0.3, 0.4) is 0 Å². The van der Waals surface area contributed by atoms with Crippen molar-refractivity contribution in [2.45, 2.75) is 105 Å². The van der Waals surface area contributed by atoms with Crippen LogP contribution in [0.5, 0.6) is 0 Å². The quantitative estimate of drug-likeness (QED) is 0.619. The molecule has 4 aliphatic rings. The Labute approximate surface area is 183 Å². The molecular weight excluding hydrogens is 372 g/mol. The molecule has 4 aliphatic carbocycles. The van der Waals surface area contributed by atoms with Crippen molar-refractivity contribution in [1.82, 2.24) is 0 Å². The summed E-state index contributed by atoms with van der Waals surface area (Å²) >= 11 is 0. The number of carbonyl (C=O) groups is 1. The molecule has 0 saturated heterocycles. The summed E-state index contributed by atoms with van der Waals surface area (Å²) in [7, 11) is 0. The van der Waals surface area contributed by atoms with Crippen LogP contribution in [0.2, 0.25) is 0 Å². The zero-order chi connectivity index (χ0) is 21.8. The zero-order valence-corrected chi connectivity index (χ0v) is 19.9. The Bertz CT molecular complexity index is 696. The molecule has 0 aromatic rings. The predicted molar refractivity (Wildman–Crippen MR) is 121 cm³/mol. The van der Waals surface area contributed by atoms with Crippen molar-refractivity contribution in [3.05, 3.63) is 11.6 Å². The van der Waals surface area contributed by atoms with Crippen LogP contribution >= 0.6 is 0 Å². The standard InChI is InChI=1S/C27H44O3/c1-16(2)14-24(29)25(30)17(3)21-8-9-22-20-7-6-18-15-19(28)10-12-26(18,4)23(20)11-13-27(21,22)5/h15-17,20-25,29-30H,6-14H2,1-5H3/t17-,20-,21+,22-,23-,24-,25-,26-,27+/m0/s1. The van der Waals surface area contributed by atoms with Gasteiger partial charge in [-0.1, -0.05) is 40.2 Å². The molecule has 30 heavy (non-hydrogen) atoms. The summed E-state index contributed by atoms with van der Waals surface area (Å²) in [6, 6.07) is 0. The molecule has 4 rings (SSSR count). The average Bonchev–Trinajstić information content (AvgIpc) is 3.04. The van der Waals surface area contributed by atoms with Crippen LogP contribution < -0.4 is 0 Å². The lowest BCUT2D eigenvalue weighted by Gasteiger charge is -2.58. The van der Waals surface area contributed by atoms with E-state index in [0.717, 1.165) is 31.1 Å². The van der Waals surface area contributed by atoms with E-state index in [1.54, 1.807) is 0 Å². The molecule has 0 heterocycles. The largest absolute Gasteiger partial charge is 0.390 e. The summed E-state index contributed by atoms with van der Waals surface area (Å²) in [5.74, 6) is 3.59. The van der Waals surface area contributed by atoms with Crippen molar-refractivity contribution in [3.8, 4) is 0 Å². The maximum Gasteiger partial charge on any atom is 0.155 e. The van der Waals surface area contributed by atoms with E-state index in [2.05, 4.69) is 34.6 Å². The summed E-state index contributed by atoms with van der Waals surface area (Å²) in [4.78, 5) is 12.0. The van der Waals surface area contributed by atoms with Crippen LogP contribution in [-0.4, -0.2) is 28.2 Å². The lowest BCUT2D eigenvalue weighted by atomic mass is 9.46. The molecule has 0 aromatic heterocycles. The van der Waals surface area contributed by atoms with E-state index in [1.165, 1.54) is 37.7 Å². The number of ketones is 1. The van der Waals surface area contributed by atoms with Gasteiger partial charge in [0.25, 0.3) is 0 Å². The predicted octanol–water partition coefficient (Wildman–Crippen LogP) is 5.54. The van der Waals surface area contributed by atoms with Gasteiger partial charge < -0.3 is 10.2 Å².